The Morgan fingerprint density at radius 2 is 1.76 bits per heavy atom. The van der Waals surface area contributed by atoms with Crippen molar-refractivity contribution in [1.29, 1.82) is 0 Å². The molecule has 174 valence electrons. The van der Waals surface area contributed by atoms with E-state index in [4.69, 9.17) is 14.2 Å². The van der Waals surface area contributed by atoms with Gasteiger partial charge < -0.3 is 19.5 Å². The summed E-state index contributed by atoms with van der Waals surface area (Å²) in [5, 5.41) is 3.45. The lowest BCUT2D eigenvalue weighted by atomic mass is 10.0. The maximum atomic E-state index is 12.8. The molecule has 1 aromatic heterocycles. The van der Waals surface area contributed by atoms with E-state index >= 15 is 0 Å². The van der Waals surface area contributed by atoms with Crippen LogP contribution in [-0.4, -0.2) is 32.2 Å². The van der Waals surface area contributed by atoms with E-state index in [0.717, 1.165) is 21.6 Å². The number of carbonyl (C=O) groups is 2. The highest BCUT2D eigenvalue weighted by Crippen LogP contribution is 2.40. The summed E-state index contributed by atoms with van der Waals surface area (Å²) in [6.07, 6.45) is 0.788. The van der Waals surface area contributed by atoms with Crippen molar-refractivity contribution >= 4 is 28.2 Å². The third-order valence-electron chi connectivity index (χ3n) is 5.05. The Morgan fingerprint density at radius 1 is 1.00 bits per heavy atom. The predicted octanol–water partition coefficient (Wildman–Crippen LogP) is 5.88. The van der Waals surface area contributed by atoms with Crippen LogP contribution in [0.4, 0.5) is 5.00 Å². The van der Waals surface area contributed by atoms with Gasteiger partial charge in [-0.2, -0.15) is 0 Å². The van der Waals surface area contributed by atoms with Gasteiger partial charge >= 0.3 is 5.97 Å². The third kappa shape index (κ3) is 5.93. The van der Waals surface area contributed by atoms with Crippen molar-refractivity contribution in [3.05, 3.63) is 64.5 Å². The normalized spacial score (nSPS) is 10.5. The summed E-state index contributed by atoms with van der Waals surface area (Å²) in [5.74, 6) is 0.706. The first-order valence-electron chi connectivity index (χ1n) is 10.9. The van der Waals surface area contributed by atoms with Crippen LogP contribution in [0, 0.1) is 6.92 Å². The van der Waals surface area contributed by atoms with Crippen LogP contribution in [0.3, 0.4) is 0 Å². The van der Waals surface area contributed by atoms with Gasteiger partial charge in [0, 0.05) is 16.9 Å². The third-order valence-corrected chi connectivity index (χ3v) is 6.07. The second kappa shape index (κ2) is 11.5. The van der Waals surface area contributed by atoms with Gasteiger partial charge in [0.25, 0.3) is 0 Å². The highest BCUT2D eigenvalue weighted by atomic mass is 32.1. The molecule has 0 spiro atoms. The number of thiophene rings is 1. The molecule has 1 heterocycles. The summed E-state index contributed by atoms with van der Waals surface area (Å²) < 4.78 is 16.2. The number of amides is 1. The number of rotatable bonds is 10. The van der Waals surface area contributed by atoms with Crippen molar-refractivity contribution in [3.63, 3.8) is 0 Å². The number of ether oxygens (including phenoxy) is 3. The first kappa shape index (κ1) is 24.3. The topological polar surface area (TPSA) is 73.9 Å². The van der Waals surface area contributed by atoms with Crippen molar-refractivity contribution in [2.24, 2.45) is 0 Å². The zero-order chi connectivity index (χ0) is 23.8. The molecule has 0 aliphatic carbocycles. The fourth-order valence-electron chi connectivity index (χ4n) is 3.57. The molecule has 2 aromatic carbocycles. The molecule has 6 nitrogen and oxygen atoms in total. The lowest BCUT2D eigenvalue weighted by Crippen LogP contribution is -2.15. The van der Waals surface area contributed by atoms with Gasteiger partial charge in [0.15, 0.2) is 11.5 Å². The maximum absolute atomic E-state index is 12.8. The Morgan fingerprint density at radius 3 is 2.42 bits per heavy atom. The zero-order valence-corrected chi connectivity index (χ0v) is 20.2. The first-order valence-corrected chi connectivity index (χ1v) is 11.8. The summed E-state index contributed by atoms with van der Waals surface area (Å²) in [7, 11) is 1.59. The molecule has 3 aromatic rings. The Kier molecular flexibility index (Phi) is 8.49. The second-order valence-corrected chi connectivity index (χ2v) is 8.52. The minimum Gasteiger partial charge on any atom is -0.493 e. The Hall–Kier alpha value is -3.32. The van der Waals surface area contributed by atoms with E-state index < -0.39 is 5.97 Å². The van der Waals surface area contributed by atoms with Gasteiger partial charge in [-0.1, -0.05) is 36.4 Å². The van der Waals surface area contributed by atoms with Crippen molar-refractivity contribution < 1.29 is 23.8 Å². The van der Waals surface area contributed by atoms with Crippen LogP contribution < -0.4 is 14.8 Å². The summed E-state index contributed by atoms with van der Waals surface area (Å²) in [6, 6.07) is 15.3. The van der Waals surface area contributed by atoms with E-state index in [1.807, 2.05) is 62.4 Å². The lowest BCUT2D eigenvalue weighted by Gasteiger charge is -2.11. The van der Waals surface area contributed by atoms with Gasteiger partial charge in [0.05, 0.1) is 20.3 Å². The molecule has 1 N–H and O–H groups in total. The largest absolute Gasteiger partial charge is 0.493 e. The Labute approximate surface area is 198 Å². The lowest BCUT2D eigenvalue weighted by molar-refractivity contribution is -0.116. The summed E-state index contributed by atoms with van der Waals surface area (Å²) in [6.45, 7) is 6.43. The molecule has 0 atom stereocenters. The molecule has 0 unspecified atom stereocenters. The van der Waals surface area contributed by atoms with E-state index in [9.17, 15) is 9.59 Å². The number of aryl methyl sites for hydroxylation is 2. The molecule has 0 aliphatic rings. The van der Waals surface area contributed by atoms with Gasteiger partial charge in [0.1, 0.15) is 10.6 Å². The molecule has 7 heteroatoms. The number of benzene rings is 2. The molecule has 0 bridgehead atoms. The van der Waals surface area contributed by atoms with Gasteiger partial charge in [0.2, 0.25) is 5.91 Å². The zero-order valence-electron chi connectivity index (χ0n) is 19.4. The van der Waals surface area contributed by atoms with Gasteiger partial charge in [-0.3, -0.25) is 4.79 Å². The number of methoxy groups -OCH3 is 1. The maximum Gasteiger partial charge on any atom is 0.341 e. The van der Waals surface area contributed by atoms with Crippen LogP contribution in [0.1, 0.15) is 41.1 Å². The smallest absolute Gasteiger partial charge is 0.341 e. The van der Waals surface area contributed by atoms with Crippen molar-refractivity contribution in [1.82, 2.24) is 0 Å². The molecule has 0 fully saturated rings. The molecular weight excluding hydrogens is 438 g/mol. The SMILES string of the molecule is CCOC(=O)c1c(NC(=O)CCc2ccc(OCC)c(OC)c2)sc(C)c1-c1ccccc1. The van der Waals surface area contributed by atoms with E-state index in [0.29, 0.717) is 35.1 Å². The van der Waals surface area contributed by atoms with E-state index in [-0.39, 0.29) is 18.9 Å². The van der Waals surface area contributed by atoms with E-state index in [1.165, 1.54) is 11.3 Å². The highest BCUT2D eigenvalue weighted by molar-refractivity contribution is 7.17. The van der Waals surface area contributed by atoms with Crippen LogP contribution >= 0.6 is 11.3 Å². The molecular formula is C26H29NO5S. The van der Waals surface area contributed by atoms with Crippen LogP contribution in [0.5, 0.6) is 11.5 Å². The van der Waals surface area contributed by atoms with Crippen molar-refractivity contribution in [2.75, 3.05) is 25.6 Å². The Balaban J connectivity index is 1.79. The predicted molar refractivity (Wildman–Crippen MR) is 132 cm³/mol. The number of anilines is 1. The Bertz CT molecular complexity index is 1110. The fourth-order valence-corrected chi connectivity index (χ4v) is 4.65. The van der Waals surface area contributed by atoms with Crippen LogP contribution in [0.25, 0.3) is 11.1 Å². The van der Waals surface area contributed by atoms with Crippen LogP contribution in [0.15, 0.2) is 48.5 Å². The van der Waals surface area contributed by atoms with Gasteiger partial charge in [-0.25, -0.2) is 4.79 Å². The van der Waals surface area contributed by atoms with Crippen molar-refractivity contribution in [2.45, 2.75) is 33.6 Å². The molecule has 33 heavy (non-hydrogen) atoms. The standard InChI is InChI=1S/C26H29NO5S/c1-5-31-20-14-12-18(16-21(20)30-4)13-15-22(28)27-25-24(26(29)32-6-2)23(17(3)33-25)19-10-8-7-9-11-19/h7-12,14,16H,5-6,13,15H2,1-4H3,(H,27,28). The minimum atomic E-state index is -0.438. The second-order valence-electron chi connectivity index (χ2n) is 7.29. The average Bonchev–Trinajstić information content (AvgIpc) is 3.14. The number of nitrogens with one attached hydrogen (secondary N) is 1. The molecule has 0 aliphatic heterocycles. The summed E-state index contributed by atoms with van der Waals surface area (Å²) in [4.78, 5) is 26.5. The molecule has 1 amide bonds. The van der Waals surface area contributed by atoms with Crippen molar-refractivity contribution in [3.8, 4) is 22.6 Å². The summed E-state index contributed by atoms with van der Waals surface area (Å²) >= 11 is 1.38. The van der Waals surface area contributed by atoms with E-state index in [2.05, 4.69) is 5.32 Å². The fraction of sp³-hybridized carbons (Fsp3) is 0.308. The van der Waals surface area contributed by atoms with Gasteiger partial charge in [-0.05, 0) is 50.5 Å². The monoisotopic (exact) mass is 467 g/mol. The number of hydrogen-bond acceptors (Lipinski definition) is 6. The number of hydrogen-bond donors (Lipinski definition) is 1. The summed E-state index contributed by atoms with van der Waals surface area (Å²) in [5.41, 5.74) is 3.08. The van der Waals surface area contributed by atoms with E-state index in [1.54, 1.807) is 14.0 Å². The molecule has 0 saturated heterocycles. The molecule has 0 saturated carbocycles. The minimum absolute atomic E-state index is 0.172. The first-order chi connectivity index (χ1) is 16.0. The number of esters is 1. The highest BCUT2D eigenvalue weighted by Gasteiger charge is 2.25. The molecule has 0 radical (unpaired) electrons. The average molecular weight is 468 g/mol. The van der Waals surface area contributed by atoms with Crippen LogP contribution in [0.2, 0.25) is 0 Å². The number of carbonyl (C=O) groups excluding carboxylic acids is 2. The van der Waals surface area contributed by atoms with Crippen LogP contribution in [-0.2, 0) is 16.0 Å². The molecule has 3 rings (SSSR count). The quantitative estimate of drug-likeness (QED) is 0.377. The van der Waals surface area contributed by atoms with Gasteiger partial charge in [-0.15, -0.1) is 11.3 Å².